The number of halogens is 1. The van der Waals surface area contributed by atoms with Crippen molar-refractivity contribution in [3.05, 3.63) is 35.0 Å². The van der Waals surface area contributed by atoms with Crippen molar-refractivity contribution in [2.24, 2.45) is 18.9 Å². The summed E-state index contributed by atoms with van der Waals surface area (Å²) >= 11 is 0. The van der Waals surface area contributed by atoms with Crippen LogP contribution in [0.25, 0.3) is 10.9 Å². The van der Waals surface area contributed by atoms with Gasteiger partial charge in [0.2, 0.25) is 0 Å². The van der Waals surface area contributed by atoms with E-state index in [1.165, 1.54) is 17.7 Å². The molecule has 0 saturated carbocycles. The summed E-state index contributed by atoms with van der Waals surface area (Å²) in [5.41, 5.74) is 4.50. The summed E-state index contributed by atoms with van der Waals surface area (Å²) in [6.45, 7) is 1.01. The lowest BCUT2D eigenvalue weighted by Crippen LogP contribution is -2.39. The molecule has 1 aliphatic heterocycles. The van der Waals surface area contributed by atoms with Gasteiger partial charge in [0, 0.05) is 62.3 Å². The number of aromatic nitrogens is 1. The summed E-state index contributed by atoms with van der Waals surface area (Å²) in [5, 5.41) is 11.0. The third-order valence-corrected chi connectivity index (χ3v) is 8.26. The molecule has 0 spiro atoms. The number of benzene rings is 1. The van der Waals surface area contributed by atoms with Crippen LogP contribution in [0.15, 0.2) is 18.2 Å². The van der Waals surface area contributed by atoms with E-state index in [1.807, 2.05) is 18.2 Å². The van der Waals surface area contributed by atoms with Gasteiger partial charge in [0.05, 0.1) is 19.3 Å². The molecule has 2 aliphatic rings. The molecule has 1 aromatic heterocycles. The molecule has 1 aromatic carbocycles. The normalized spacial score (nSPS) is 19.5. The predicted octanol–water partition coefficient (Wildman–Crippen LogP) is 4.24. The van der Waals surface area contributed by atoms with Gasteiger partial charge in [-0.25, -0.2) is 0 Å². The summed E-state index contributed by atoms with van der Waals surface area (Å²) in [5.74, 6) is 1.18. The minimum Gasteiger partial charge on any atom is -0.394 e. The maximum Gasteiger partial charge on any atom is 0.253 e. The largest absolute Gasteiger partial charge is 0.394 e. The Labute approximate surface area is 207 Å². The Morgan fingerprint density at radius 1 is 1.20 bits per heavy atom. The van der Waals surface area contributed by atoms with Gasteiger partial charge in [-0.1, -0.05) is 0 Å². The topological polar surface area (TPSA) is 71.8 Å². The first kappa shape index (κ1) is 25.8. The number of hydrogen-bond acceptors (Lipinski definition) is 4. The van der Waals surface area contributed by atoms with Crippen LogP contribution < -0.4 is 0 Å². The van der Waals surface area contributed by atoms with Gasteiger partial charge < -0.3 is 19.3 Å². The first-order valence-corrected chi connectivity index (χ1v) is 13.1. The lowest BCUT2D eigenvalue weighted by molar-refractivity contribution is -0.119. The van der Waals surface area contributed by atoms with Crippen molar-refractivity contribution >= 4 is 22.6 Å². The minimum absolute atomic E-state index is 0.0293. The summed E-state index contributed by atoms with van der Waals surface area (Å²) in [4.78, 5) is 26.8. The van der Waals surface area contributed by atoms with Crippen molar-refractivity contribution in [1.29, 1.82) is 0 Å². The van der Waals surface area contributed by atoms with Crippen LogP contribution in [0.3, 0.4) is 0 Å². The molecule has 35 heavy (non-hydrogen) atoms. The number of aliphatic hydroxyl groups excluding tert-OH is 1. The minimum atomic E-state index is -0.505. The Hall–Kier alpha value is -2.25. The number of hydrogen-bond donors (Lipinski definition) is 1. The second-order valence-corrected chi connectivity index (χ2v) is 10.3. The van der Waals surface area contributed by atoms with E-state index in [-0.39, 0.29) is 37.6 Å². The second-order valence-electron chi connectivity index (χ2n) is 10.3. The highest BCUT2D eigenvalue weighted by Crippen LogP contribution is 2.39. The third kappa shape index (κ3) is 5.61. The molecule has 4 rings (SSSR count). The van der Waals surface area contributed by atoms with E-state index in [1.54, 1.807) is 11.9 Å². The molecule has 1 aliphatic carbocycles. The van der Waals surface area contributed by atoms with Crippen LogP contribution in [0.1, 0.15) is 66.6 Å². The average molecular weight is 487 g/mol. The van der Waals surface area contributed by atoms with Crippen molar-refractivity contribution in [3.8, 4) is 0 Å². The van der Waals surface area contributed by atoms with Gasteiger partial charge in [-0.2, -0.15) is 0 Å². The van der Waals surface area contributed by atoms with Crippen molar-refractivity contribution in [2.75, 3.05) is 33.5 Å². The molecule has 1 fully saturated rings. The second kappa shape index (κ2) is 11.7. The molecule has 6 nitrogen and oxygen atoms in total. The fourth-order valence-electron chi connectivity index (χ4n) is 6.02. The highest BCUT2D eigenvalue weighted by molar-refractivity contribution is 5.99. The fraction of sp³-hybridized carbons (Fsp3) is 0.643. The molecule has 0 bridgehead atoms. The molecule has 1 N–H and O–H groups in total. The van der Waals surface area contributed by atoms with Gasteiger partial charge in [-0.3, -0.25) is 14.0 Å². The van der Waals surface area contributed by atoms with E-state index in [9.17, 15) is 19.1 Å². The number of amides is 1. The number of carbonyl (C=O) groups excluding carboxylic acids is 2. The summed E-state index contributed by atoms with van der Waals surface area (Å²) in [6.07, 6.45) is 6.64. The van der Waals surface area contributed by atoms with Gasteiger partial charge in [0.15, 0.2) is 0 Å². The SMILES string of the molecule is CN(C(=O)c1ccc2c(c1)c1c(n2C)CC[C@@H](C2CCOCC2)C1)C(CO)CCC(=O)CCCF. The molecule has 0 radical (unpaired) electrons. The molecular weight excluding hydrogens is 447 g/mol. The van der Waals surface area contributed by atoms with E-state index in [2.05, 4.69) is 11.6 Å². The summed E-state index contributed by atoms with van der Waals surface area (Å²) < 4.78 is 20.2. The van der Waals surface area contributed by atoms with Gasteiger partial charge in [-0.15, -0.1) is 0 Å². The van der Waals surface area contributed by atoms with E-state index in [4.69, 9.17) is 4.74 Å². The monoisotopic (exact) mass is 486 g/mol. The first-order valence-electron chi connectivity index (χ1n) is 13.1. The van der Waals surface area contributed by atoms with Crippen LogP contribution in [-0.2, 0) is 29.4 Å². The van der Waals surface area contributed by atoms with Gasteiger partial charge in [0.25, 0.3) is 5.91 Å². The molecule has 7 heteroatoms. The van der Waals surface area contributed by atoms with Gasteiger partial charge >= 0.3 is 0 Å². The van der Waals surface area contributed by atoms with Crippen LogP contribution in [0, 0.1) is 11.8 Å². The standard InChI is InChI=1S/C28H39FN2O4/c1-30(22(18-32)7-8-23(33)4-3-13-29)28(34)21-6-10-27-25(17-21)24-16-20(5-9-26(24)31(27)2)19-11-14-35-15-12-19/h6,10,17,19-20,22,32H,3-5,7-9,11-16,18H2,1-2H3/t20-,22?/m1/s1. The van der Waals surface area contributed by atoms with Crippen molar-refractivity contribution in [3.63, 3.8) is 0 Å². The quantitative estimate of drug-likeness (QED) is 0.545. The highest BCUT2D eigenvalue weighted by Gasteiger charge is 2.31. The zero-order valence-electron chi connectivity index (χ0n) is 21.1. The van der Waals surface area contributed by atoms with E-state index in [0.717, 1.165) is 49.8 Å². The zero-order valence-corrected chi connectivity index (χ0v) is 21.1. The van der Waals surface area contributed by atoms with Crippen molar-refractivity contribution in [1.82, 2.24) is 9.47 Å². The van der Waals surface area contributed by atoms with E-state index < -0.39 is 12.7 Å². The molecule has 1 unspecified atom stereocenters. The third-order valence-electron chi connectivity index (χ3n) is 8.26. The number of carbonyl (C=O) groups is 2. The summed E-state index contributed by atoms with van der Waals surface area (Å²) in [6, 6.07) is 5.46. The Kier molecular flexibility index (Phi) is 8.60. The maximum atomic E-state index is 13.4. The van der Waals surface area contributed by atoms with Gasteiger partial charge in [0.1, 0.15) is 5.78 Å². The zero-order chi connectivity index (χ0) is 24.9. The van der Waals surface area contributed by atoms with Crippen molar-refractivity contribution < 1.29 is 23.8 Å². The number of fused-ring (bicyclic) bond motifs is 3. The number of aryl methyl sites for hydroxylation is 1. The number of ketones is 1. The predicted molar refractivity (Wildman–Crippen MR) is 134 cm³/mol. The highest BCUT2D eigenvalue weighted by atomic mass is 19.1. The maximum absolute atomic E-state index is 13.4. The van der Waals surface area contributed by atoms with E-state index >= 15 is 0 Å². The van der Waals surface area contributed by atoms with Crippen LogP contribution in [0.5, 0.6) is 0 Å². The Morgan fingerprint density at radius 3 is 2.69 bits per heavy atom. The Bertz CT molecular complexity index is 1040. The van der Waals surface area contributed by atoms with Crippen LogP contribution in [0.4, 0.5) is 4.39 Å². The lowest BCUT2D eigenvalue weighted by atomic mass is 9.75. The molecule has 2 atom stereocenters. The molecule has 1 amide bonds. The molecule has 2 heterocycles. The number of likely N-dealkylation sites (N-methyl/N-ethyl adjacent to an activating group) is 1. The molecule has 1 saturated heterocycles. The number of aliphatic hydroxyl groups is 1. The fourth-order valence-corrected chi connectivity index (χ4v) is 6.02. The average Bonchev–Trinajstić information content (AvgIpc) is 3.18. The van der Waals surface area contributed by atoms with Crippen LogP contribution in [-0.4, -0.2) is 65.8 Å². The number of rotatable bonds is 10. The first-order chi connectivity index (χ1) is 16.9. The van der Waals surface area contributed by atoms with E-state index in [0.29, 0.717) is 23.8 Å². The number of alkyl halides is 1. The number of Topliss-reactive ketones (excluding diaryl/α,β-unsaturated/α-hetero) is 1. The molecular formula is C28H39FN2O4. The van der Waals surface area contributed by atoms with Crippen LogP contribution >= 0.6 is 0 Å². The summed E-state index contributed by atoms with van der Waals surface area (Å²) in [7, 11) is 3.80. The smallest absolute Gasteiger partial charge is 0.253 e. The van der Waals surface area contributed by atoms with Crippen molar-refractivity contribution in [2.45, 2.75) is 63.8 Å². The number of ether oxygens (including phenoxy) is 1. The van der Waals surface area contributed by atoms with Crippen LogP contribution in [0.2, 0.25) is 0 Å². The molecule has 2 aromatic rings. The Balaban J connectivity index is 1.51. The lowest BCUT2D eigenvalue weighted by Gasteiger charge is -2.33. The molecule has 192 valence electrons. The number of nitrogens with zero attached hydrogens (tertiary/aromatic N) is 2. The van der Waals surface area contributed by atoms with Gasteiger partial charge in [-0.05, 0) is 80.5 Å². The Morgan fingerprint density at radius 2 is 1.97 bits per heavy atom.